The molecule has 0 atom stereocenters. The van der Waals surface area contributed by atoms with E-state index in [1.54, 1.807) is 0 Å². The van der Waals surface area contributed by atoms with Crippen LogP contribution in [-0.2, 0) is 65.7 Å². The predicted molar refractivity (Wildman–Crippen MR) is 470 cm³/mol. The number of aliphatic hydroxyl groups is 1. The minimum absolute atomic E-state index is 0.0383. The van der Waals surface area contributed by atoms with E-state index in [0.29, 0.717) is 98.0 Å². The maximum Gasteiger partial charge on any atom is 0.307 e. The van der Waals surface area contributed by atoms with Gasteiger partial charge < -0.3 is 62.6 Å². The molecule has 19 nitrogen and oxygen atoms in total. The molecule has 0 aliphatic heterocycles. The largest absolute Gasteiger partial charge is 0.494 e. The van der Waals surface area contributed by atoms with Crippen LogP contribution in [0.5, 0.6) is 23.0 Å². The molecule has 115 heavy (non-hydrogen) atoms. The molecule has 0 saturated carbocycles. The minimum atomic E-state index is -0.737. The zero-order valence-electron chi connectivity index (χ0n) is 74.9. The van der Waals surface area contributed by atoms with Crippen LogP contribution in [0.3, 0.4) is 0 Å². The Bertz CT molecular complexity index is 2550. The highest BCUT2D eigenvalue weighted by Crippen LogP contribution is 2.28. The van der Waals surface area contributed by atoms with E-state index in [0.717, 1.165) is 240 Å². The van der Waals surface area contributed by atoms with E-state index >= 15 is 0 Å². The first-order valence-corrected chi connectivity index (χ1v) is 46.8. The molecule has 0 bridgehead atoms. The van der Waals surface area contributed by atoms with E-state index in [9.17, 15) is 33.9 Å². The Morgan fingerprint density at radius 3 is 0.774 bits per heavy atom. The molecule has 0 radical (unpaired) electrons. The fourth-order valence-electron chi connectivity index (χ4n) is 13.0. The van der Waals surface area contributed by atoms with Crippen molar-refractivity contribution in [3.05, 3.63) is 47.5 Å². The second-order valence-corrected chi connectivity index (χ2v) is 32.1. The number of aliphatic carboxylic acids is 1. The standard InChI is InChI=1S/C48H85NO8.C43H76O7.C5H11NO2/c1-5-7-9-11-13-19-25-31-46(50)55-39-29-23-17-15-21-27-37-53-44-33-34-45(43(41-44)42-57-48(52)35-36-49(3)4)54-38-28-22-16-18-24-30-40-56-47(51)32-26-20-14-12-10-8-6-2;1-3-5-7-9-11-17-23-29-42(45)49-35-27-21-15-13-19-25-33-47-40-31-32-41(39(37-40)38-44)48-34-26-20-14-16-22-28-36-50-43(46)30-24-18-12-10-8-6-4-2;1-6(2)4-3-5(7)8/h33-34,41H,5-32,35-40,42H2,1-4H3;31-32,37,44H,3-30,33-36,38H2,1-2H3;3-4H2,1-2H3,(H,7,8). The van der Waals surface area contributed by atoms with Gasteiger partial charge in [-0.25, -0.2) is 0 Å². The van der Waals surface area contributed by atoms with E-state index in [1.807, 2.05) is 74.4 Å². The Labute approximate surface area is 701 Å². The van der Waals surface area contributed by atoms with Crippen LogP contribution in [0.4, 0.5) is 0 Å². The topological polar surface area (TPSA) is 232 Å². The normalized spacial score (nSPS) is 11.1. The molecular formula is C96H172N2O17. The van der Waals surface area contributed by atoms with Gasteiger partial charge in [0.15, 0.2) is 0 Å². The summed E-state index contributed by atoms with van der Waals surface area (Å²) in [5, 5.41) is 18.0. The summed E-state index contributed by atoms with van der Waals surface area (Å²) in [6.07, 6.45) is 62.0. The van der Waals surface area contributed by atoms with Crippen molar-refractivity contribution in [2.45, 2.75) is 413 Å². The lowest BCUT2D eigenvalue weighted by Crippen LogP contribution is -2.18. The summed E-state index contributed by atoms with van der Waals surface area (Å²) in [6.45, 7) is 14.9. The molecule has 0 saturated heterocycles. The van der Waals surface area contributed by atoms with Crippen molar-refractivity contribution in [2.24, 2.45) is 0 Å². The molecule has 2 aromatic rings. The predicted octanol–water partition coefficient (Wildman–Crippen LogP) is 24.5. The highest BCUT2D eigenvalue weighted by molar-refractivity contribution is 5.71. The van der Waals surface area contributed by atoms with Gasteiger partial charge in [-0.3, -0.25) is 28.8 Å². The molecule has 0 amide bonds. The summed E-state index contributed by atoms with van der Waals surface area (Å²) in [4.78, 5) is 73.7. The summed E-state index contributed by atoms with van der Waals surface area (Å²) in [5.74, 6) is 1.83. The first-order valence-electron chi connectivity index (χ1n) is 46.8. The van der Waals surface area contributed by atoms with Gasteiger partial charge in [0.25, 0.3) is 0 Å². The molecule has 2 rings (SSSR count). The number of nitrogens with zero attached hydrogens (tertiary/aromatic N) is 2. The van der Waals surface area contributed by atoms with Crippen LogP contribution in [0.25, 0.3) is 0 Å². The van der Waals surface area contributed by atoms with E-state index in [4.69, 9.17) is 47.7 Å². The van der Waals surface area contributed by atoms with Gasteiger partial charge >= 0.3 is 35.8 Å². The second kappa shape index (κ2) is 84.8. The molecule has 0 heterocycles. The lowest BCUT2D eigenvalue weighted by atomic mass is 10.1. The third-order valence-electron chi connectivity index (χ3n) is 20.4. The minimum Gasteiger partial charge on any atom is -0.494 e. The maximum absolute atomic E-state index is 12.4. The molecule has 0 fully saturated rings. The maximum atomic E-state index is 12.4. The molecule has 668 valence electrons. The van der Waals surface area contributed by atoms with Gasteiger partial charge in [0, 0.05) is 49.9 Å². The smallest absolute Gasteiger partial charge is 0.307 e. The number of carboxylic acid groups (broad SMARTS) is 1. The number of rotatable bonds is 81. The van der Waals surface area contributed by atoms with Gasteiger partial charge in [-0.15, -0.1) is 0 Å². The van der Waals surface area contributed by atoms with Crippen LogP contribution in [-0.4, -0.2) is 150 Å². The zero-order valence-corrected chi connectivity index (χ0v) is 74.9. The molecule has 0 aliphatic rings. The fraction of sp³-hybridized carbons (Fsp3) is 0.812. The number of carbonyl (C=O) groups excluding carboxylic acids is 5. The van der Waals surface area contributed by atoms with Crippen molar-refractivity contribution in [1.29, 1.82) is 0 Å². The van der Waals surface area contributed by atoms with Gasteiger partial charge in [0.2, 0.25) is 0 Å². The summed E-state index contributed by atoms with van der Waals surface area (Å²) in [6, 6.07) is 11.5. The van der Waals surface area contributed by atoms with Crippen molar-refractivity contribution < 1.29 is 81.6 Å². The number of ether oxygens (including phenoxy) is 9. The molecule has 0 spiro atoms. The van der Waals surface area contributed by atoms with Gasteiger partial charge in [-0.2, -0.15) is 0 Å². The average molecular weight is 1630 g/mol. The van der Waals surface area contributed by atoms with Crippen molar-refractivity contribution in [3.8, 4) is 23.0 Å². The van der Waals surface area contributed by atoms with E-state index in [-0.39, 0.29) is 49.5 Å². The summed E-state index contributed by atoms with van der Waals surface area (Å²) in [5.41, 5.74) is 1.57. The quantitative estimate of drug-likeness (QED) is 0.0356. The van der Waals surface area contributed by atoms with Crippen LogP contribution in [0.15, 0.2) is 36.4 Å². The van der Waals surface area contributed by atoms with Crippen LogP contribution >= 0.6 is 0 Å². The van der Waals surface area contributed by atoms with Gasteiger partial charge in [-0.05, 0) is 142 Å². The molecular weight excluding hydrogens is 1450 g/mol. The van der Waals surface area contributed by atoms with Gasteiger partial charge in [-0.1, -0.05) is 285 Å². The number of hydrogen-bond acceptors (Lipinski definition) is 18. The first kappa shape index (κ1) is 109. The molecule has 19 heteroatoms. The number of hydrogen-bond donors (Lipinski definition) is 2. The highest BCUT2D eigenvalue weighted by Gasteiger charge is 2.14. The number of benzene rings is 2. The Morgan fingerprint density at radius 1 is 0.270 bits per heavy atom. The van der Waals surface area contributed by atoms with Crippen molar-refractivity contribution >= 4 is 35.8 Å². The number of carbonyl (C=O) groups is 6. The van der Waals surface area contributed by atoms with Gasteiger partial charge in [0.05, 0.1) is 72.3 Å². The molecule has 2 aromatic carbocycles. The summed E-state index contributed by atoms with van der Waals surface area (Å²) < 4.78 is 51.4. The Balaban J connectivity index is 0.00000207. The third-order valence-corrected chi connectivity index (χ3v) is 20.4. The lowest BCUT2D eigenvalue weighted by molar-refractivity contribution is -0.146. The SMILES string of the molecule is CCCCCCCCCC(=O)OCCCCCCCCOc1ccc(OCCCCCCCCOC(=O)CCCCCCCCC)c(CO)c1.CCCCCCCCCC(=O)OCCCCCCCCOc1ccc(OCCCCCCCCOC(=O)CCCCCCCCC)c(COC(=O)CCN(C)C)c1.CN(C)CCC(=O)O. The van der Waals surface area contributed by atoms with Crippen molar-refractivity contribution in [1.82, 2.24) is 9.80 Å². The van der Waals surface area contributed by atoms with E-state index in [1.165, 1.54) is 128 Å². The van der Waals surface area contributed by atoms with Crippen LogP contribution < -0.4 is 18.9 Å². The number of carboxylic acids is 1. The zero-order chi connectivity index (χ0) is 84.2. The molecule has 0 unspecified atom stereocenters. The molecule has 2 N–H and O–H groups in total. The molecule has 0 aromatic heterocycles. The lowest BCUT2D eigenvalue weighted by Gasteiger charge is -2.15. The van der Waals surface area contributed by atoms with Gasteiger partial charge in [0.1, 0.15) is 29.6 Å². The Morgan fingerprint density at radius 2 is 0.504 bits per heavy atom. The van der Waals surface area contributed by atoms with E-state index in [2.05, 4.69) is 27.7 Å². The number of unbranched alkanes of at least 4 members (excludes halogenated alkanes) is 44. The Hall–Kier alpha value is -5.66. The summed E-state index contributed by atoms with van der Waals surface area (Å²) in [7, 11) is 7.58. The number of esters is 5. The van der Waals surface area contributed by atoms with Crippen LogP contribution in [0.1, 0.15) is 411 Å². The van der Waals surface area contributed by atoms with E-state index < -0.39 is 5.97 Å². The Kier molecular flexibility index (Phi) is 80.6. The first-order chi connectivity index (χ1) is 56.1. The van der Waals surface area contributed by atoms with Crippen molar-refractivity contribution in [3.63, 3.8) is 0 Å². The van der Waals surface area contributed by atoms with Crippen molar-refractivity contribution in [2.75, 3.05) is 94.1 Å². The summed E-state index contributed by atoms with van der Waals surface area (Å²) >= 11 is 0. The monoisotopic (exact) mass is 1630 g/mol. The average Bonchev–Trinajstić information content (AvgIpc) is 0.864. The molecule has 0 aliphatic carbocycles. The van der Waals surface area contributed by atoms with Crippen LogP contribution in [0, 0.1) is 0 Å². The highest BCUT2D eigenvalue weighted by atomic mass is 16.6. The number of aliphatic hydroxyl groups excluding tert-OH is 1. The third kappa shape index (κ3) is 78.0. The second-order valence-electron chi connectivity index (χ2n) is 32.1. The fourth-order valence-corrected chi connectivity index (χ4v) is 13.0. The van der Waals surface area contributed by atoms with Crippen LogP contribution in [0.2, 0.25) is 0 Å².